The van der Waals surface area contributed by atoms with Gasteiger partial charge in [0.15, 0.2) is 0 Å². The largest absolute Gasteiger partial charge is 0.456 e. The second kappa shape index (κ2) is 10.7. The van der Waals surface area contributed by atoms with E-state index in [1.54, 1.807) is 0 Å². The number of aromatic nitrogens is 2. The lowest BCUT2D eigenvalue weighted by Crippen LogP contribution is -2.62. The summed E-state index contributed by atoms with van der Waals surface area (Å²) in [6, 6.07) is 58.9. The molecular weight excluding hydrogens is 794 g/mol. The molecule has 62 heavy (non-hydrogen) atoms. The molecule has 0 amide bonds. The van der Waals surface area contributed by atoms with Gasteiger partial charge in [-0.15, -0.1) is 0 Å². The van der Waals surface area contributed by atoms with E-state index in [1.807, 2.05) is 23.5 Å². The van der Waals surface area contributed by atoms with Crippen molar-refractivity contribution in [2.24, 2.45) is 0 Å². The highest BCUT2D eigenvalue weighted by Gasteiger charge is 2.44. The number of para-hydroxylation sites is 4. The molecule has 0 atom stereocenters. The zero-order chi connectivity index (χ0) is 39.7. The van der Waals surface area contributed by atoms with Gasteiger partial charge in [-0.2, -0.15) is 0 Å². The lowest BCUT2D eigenvalue weighted by atomic mass is 9.32. The first-order valence-corrected chi connectivity index (χ1v) is 22.9. The summed E-state index contributed by atoms with van der Waals surface area (Å²) in [6.45, 7) is 0.185. The summed E-state index contributed by atoms with van der Waals surface area (Å²) >= 11 is 3.88. The molecule has 4 aromatic heterocycles. The Bertz CT molecular complexity index is 4050. The van der Waals surface area contributed by atoms with Crippen LogP contribution in [0.25, 0.3) is 98.9 Å². The van der Waals surface area contributed by atoms with Crippen LogP contribution in [0.15, 0.2) is 186 Å². The molecule has 282 valence electrons. The van der Waals surface area contributed by atoms with Crippen molar-refractivity contribution in [1.82, 2.24) is 9.13 Å². The van der Waals surface area contributed by atoms with Crippen LogP contribution in [0.3, 0.4) is 0 Å². The fraction of sp³-hybridized carbons (Fsp3) is 0. The van der Waals surface area contributed by atoms with Gasteiger partial charge in [0.05, 0.1) is 11.0 Å². The molecule has 0 N–H and O–H groups in total. The Morgan fingerprint density at radius 2 is 0.823 bits per heavy atom. The van der Waals surface area contributed by atoms with Crippen LogP contribution in [0.1, 0.15) is 0 Å². The average molecular weight is 821 g/mol. The summed E-state index contributed by atoms with van der Waals surface area (Å²) in [6.07, 6.45) is 0. The maximum atomic E-state index is 6.47. The van der Waals surface area contributed by atoms with Crippen molar-refractivity contribution in [1.29, 1.82) is 0 Å². The van der Waals surface area contributed by atoms with Crippen LogP contribution in [-0.2, 0) is 0 Å². The highest BCUT2D eigenvalue weighted by atomic mass is 32.2. The molecule has 0 fully saturated rings. The first kappa shape index (κ1) is 31.8. The van der Waals surface area contributed by atoms with E-state index in [9.17, 15) is 0 Å². The molecule has 0 spiro atoms. The topological polar surface area (TPSA) is 36.1 Å². The number of hydrogen-bond acceptors (Lipinski definition) is 4. The maximum Gasteiger partial charge on any atom is 0.249 e. The molecule has 4 aliphatic rings. The fourth-order valence-corrected chi connectivity index (χ4v) is 14.8. The SMILES string of the molecule is c1cc2c3c(c1)-n1c4ccc5oc6ccccc6c5c4c4cccc(c41)B3c1cc3c(cc1S2)Sc1cccc2c1B3c1cccc3c4c5c(ccc4n-2c13)oc1ccccc15. The molecule has 0 aliphatic carbocycles. The van der Waals surface area contributed by atoms with Gasteiger partial charge >= 0.3 is 0 Å². The van der Waals surface area contributed by atoms with E-state index in [-0.39, 0.29) is 13.4 Å². The zero-order valence-corrected chi connectivity index (χ0v) is 34.3. The first-order valence-electron chi connectivity index (χ1n) is 21.3. The van der Waals surface area contributed by atoms with Crippen molar-refractivity contribution < 1.29 is 8.83 Å². The van der Waals surface area contributed by atoms with Gasteiger partial charge < -0.3 is 18.0 Å². The lowest BCUT2D eigenvalue weighted by molar-refractivity contribution is 0.669. The molecule has 0 bridgehead atoms. The molecule has 4 aliphatic heterocycles. The smallest absolute Gasteiger partial charge is 0.249 e. The molecule has 0 saturated carbocycles. The third-order valence-electron chi connectivity index (χ3n) is 14.6. The third-order valence-corrected chi connectivity index (χ3v) is 16.9. The van der Waals surface area contributed by atoms with Gasteiger partial charge in [0.1, 0.15) is 22.3 Å². The van der Waals surface area contributed by atoms with Crippen molar-refractivity contribution in [3.8, 4) is 11.4 Å². The minimum atomic E-state index is 0.0926. The average Bonchev–Trinajstić information content (AvgIpc) is 4.07. The van der Waals surface area contributed by atoms with Gasteiger partial charge in [0.25, 0.3) is 0 Å². The van der Waals surface area contributed by atoms with E-state index in [0.29, 0.717) is 0 Å². The molecule has 13 aromatic rings. The van der Waals surface area contributed by atoms with Gasteiger partial charge in [-0.25, -0.2) is 0 Å². The van der Waals surface area contributed by atoms with Crippen LogP contribution < -0.4 is 32.8 Å². The van der Waals surface area contributed by atoms with E-state index in [2.05, 4.69) is 167 Å². The quantitative estimate of drug-likeness (QED) is 0.143. The molecule has 8 heterocycles. The van der Waals surface area contributed by atoms with Gasteiger partial charge in [-0.3, -0.25) is 0 Å². The van der Waals surface area contributed by atoms with Crippen molar-refractivity contribution in [2.45, 2.75) is 19.6 Å². The van der Waals surface area contributed by atoms with E-state index in [1.165, 1.54) is 129 Å². The highest BCUT2D eigenvalue weighted by Crippen LogP contribution is 2.46. The van der Waals surface area contributed by atoms with Crippen molar-refractivity contribution in [3.63, 3.8) is 0 Å². The predicted octanol–water partition coefficient (Wildman–Crippen LogP) is 10.3. The van der Waals surface area contributed by atoms with Crippen LogP contribution in [0, 0.1) is 0 Å². The lowest BCUT2D eigenvalue weighted by Gasteiger charge is -2.36. The molecule has 9 aromatic carbocycles. The number of nitrogens with zero attached hydrogens (tertiary/aromatic N) is 2. The standard InChI is InChI=1S/C54H26B2N2O2S2/c1-3-17-39-27(9-1)49-41(59-39)23-21-35-47(49)29-11-5-13-31-53(29)57(35)37-15-7-19-43-51(37)55(31)33-25-34-46(26-45(33)61-43)62-44-20-8-16-38-52(44)56(34)32-14-6-12-30-48-36(58(38)54(30)32)22-24-42-50(48)28-10-2-4-18-40(28)60-42/h1-26H. The van der Waals surface area contributed by atoms with Gasteiger partial charge in [-0.1, -0.05) is 125 Å². The first-order chi connectivity index (χ1) is 30.8. The highest BCUT2D eigenvalue weighted by molar-refractivity contribution is 8.01. The second-order valence-electron chi connectivity index (χ2n) is 17.4. The molecule has 4 nitrogen and oxygen atoms in total. The van der Waals surface area contributed by atoms with Crippen LogP contribution >= 0.6 is 23.5 Å². The molecule has 0 unspecified atom stereocenters. The molecule has 8 heteroatoms. The monoisotopic (exact) mass is 820 g/mol. The van der Waals surface area contributed by atoms with E-state index >= 15 is 0 Å². The van der Waals surface area contributed by atoms with Crippen LogP contribution in [0.2, 0.25) is 0 Å². The minimum absolute atomic E-state index is 0.0926. The molecular formula is C54H26B2N2O2S2. The Kier molecular flexibility index (Phi) is 5.50. The van der Waals surface area contributed by atoms with E-state index in [4.69, 9.17) is 8.83 Å². The Hall–Kier alpha value is -6.99. The van der Waals surface area contributed by atoms with E-state index in [0.717, 1.165) is 22.3 Å². The number of furan rings is 2. The summed E-state index contributed by atoms with van der Waals surface area (Å²) in [5.41, 5.74) is 19.7. The van der Waals surface area contributed by atoms with Crippen molar-refractivity contribution in [2.75, 3.05) is 0 Å². The summed E-state index contributed by atoms with van der Waals surface area (Å²) in [5, 5.41) is 9.84. The summed E-state index contributed by atoms with van der Waals surface area (Å²) in [7, 11) is 0. The molecule has 0 saturated heterocycles. The number of rotatable bonds is 0. The second-order valence-corrected chi connectivity index (χ2v) is 19.6. The van der Waals surface area contributed by atoms with Crippen LogP contribution in [-0.4, -0.2) is 22.6 Å². The summed E-state index contributed by atoms with van der Waals surface area (Å²) < 4.78 is 18.0. The van der Waals surface area contributed by atoms with Gasteiger partial charge in [-0.05, 0) is 88.6 Å². The normalized spacial score (nSPS) is 14.3. The van der Waals surface area contributed by atoms with Crippen molar-refractivity contribution >= 4 is 157 Å². The van der Waals surface area contributed by atoms with E-state index < -0.39 is 0 Å². The zero-order valence-electron chi connectivity index (χ0n) is 32.7. The van der Waals surface area contributed by atoms with Crippen LogP contribution in [0.5, 0.6) is 0 Å². The van der Waals surface area contributed by atoms with Crippen molar-refractivity contribution in [3.05, 3.63) is 158 Å². The molecule has 0 radical (unpaired) electrons. The van der Waals surface area contributed by atoms with Crippen LogP contribution in [0.4, 0.5) is 0 Å². The Balaban J connectivity index is 0.952. The number of fused-ring (bicyclic) bond motifs is 22. The fourth-order valence-electron chi connectivity index (χ4n) is 12.4. The number of benzene rings is 9. The Morgan fingerprint density at radius 3 is 1.34 bits per heavy atom. The Morgan fingerprint density at radius 1 is 0.355 bits per heavy atom. The number of hydrogen-bond donors (Lipinski definition) is 0. The van der Waals surface area contributed by atoms with Gasteiger partial charge in [0, 0.05) is 85.1 Å². The Labute approximate surface area is 361 Å². The minimum Gasteiger partial charge on any atom is -0.456 e. The summed E-state index contributed by atoms with van der Waals surface area (Å²) in [5.74, 6) is 0. The maximum absolute atomic E-state index is 6.47. The third kappa shape index (κ3) is 3.55. The predicted molar refractivity (Wildman–Crippen MR) is 260 cm³/mol. The van der Waals surface area contributed by atoms with Gasteiger partial charge in [0.2, 0.25) is 13.4 Å². The molecule has 17 rings (SSSR count). The summed E-state index contributed by atoms with van der Waals surface area (Å²) in [4.78, 5) is 5.39.